The molecule has 2 aliphatic rings. The standard InChI is InChI=1S/C18H20FNO/c19-15-8-10-16(11-9-15)21-18-14(12-20)6-3-5-13-4-1-2-7-17(13)18/h1-2,4-5,7-11,14,17-18H,3,6,12,20H2. The van der Waals surface area contributed by atoms with Gasteiger partial charge in [-0.15, -0.1) is 0 Å². The fourth-order valence-electron chi connectivity index (χ4n) is 3.09. The summed E-state index contributed by atoms with van der Waals surface area (Å²) in [4.78, 5) is 0. The van der Waals surface area contributed by atoms with Crippen molar-refractivity contribution in [2.75, 3.05) is 6.54 Å². The fraction of sp³-hybridized carbons (Fsp3) is 0.333. The van der Waals surface area contributed by atoms with E-state index >= 15 is 0 Å². The number of hydrogen-bond acceptors (Lipinski definition) is 2. The number of fused-ring (bicyclic) bond motifs is 1. The lowest BCUT2D eigenvalue weighted by atomic mass is 9.84. The summed E-state index contributed by atoms with van der Waals surface area (Å²) in [5, 5.41) is 0. The van der Waals surface area contributed by atoms with Crippen molar-refractivity contribution in [3.63, 3.8) is 0 Å². The summed E-state index contributed by atoms with van der Waals surface area (Å²) in [5.74, 6) is 0.963. The van der Waals surface area contributed by atoms with Crippen LogP contribution in [0.5, 0.6) is 5.75 Å². The predicted octanol–water partition coefficient (Wildman–Crippen LogP) is 3.61. The van der Waals surface area contributed by atoms with E-state index in [-0.39, 0.29) is 17.8 Å². The van der Waals surface area contributed by atoms with Crippen molar-refractivity contribution >= 4 is 0 Å². The summed E-state index contributed by atoms with van der Waals surface area (Å²) in [6.45, 7) is 0.598. The normalized spacial score (nSPS) is 27.7. The minimum Gasteiger partial charge on any atom is -0.489 e. The van der Waals surface area contributed by atoms with Gasteiger partial charge < -0.3 is 10.5 Å². The first-order valence-electron chi connectivity index (χ1n) is 7.45. The first-order chi connectivity index (χ1) is 10.3. The molecule has 21 heavy (non-hydrogen) atoms. The van der Waals surface area contributed by atoms with Crippen LogP contribution in [-0.2, 0) is 0 Å². The van der Waals surface area contributed by atoms with Gasteiger partial charge in [0.15, 0.2) is 0 Å². The second-order valence-corrected chi connectivity index (χ2v) is 5.58. The average molecular weight is 285 g/mol. The molecule has 0 saturated carbocycles. The Morgan fingerprint density at radius 2 is 2.00 bits per heavy atom. The molecule has 0 heterocycles. The van der Waals surface area contributed by atoms with E-state index < -0.39 is 0 Å². The number of halogens is 1. The highest BCUT2D eigenvalue weighted by Crippen LogP contribution is 2.34. The highest BCUT2D eigenvalue weighted by Gasteiger charge is 2.33. The Bertz CT molecular complexity index is 573. The molecule has 3 heteroatoms. The molecule has 2 nitrogen and oxygen atoms in total. The van der Waals surface area contributed by atoms with Crippen LogP contribution in [0.15, 0.2) is 60.2 Å². The van der Waals surface area contributed by atoms with Gasteiger partial charge in [-0.25, -0.2) is 4.39 Å². The molecule has 1 aromatic rings. The van der Waals surface area contributed by atoms with Gasteiger partial charge in [0, 0.05) is 11.8 Å². The second-order valence-electron chi connectivity index (χ2n) is 5.58. The van der Waals surface area contributed by atoms with Crippen molar-refractivity contribution in [3.05, 3.63) is 66.0 Å². The zero-order valence-electron chi connectivity index (χ0n) is 11.9. The summed E-state index contributed by atoms with van der Waals surface area (Å²) in [6, 6.07) is 6.22. The Morgan fingerprint density at radius 1 is 1.19 bits per heavy atom. The maximum Gasteiger partial charge on any atom is 0.123 e. The minimum atomic E-state index is -0.250. The highest BCUT2D eigenvalue weighted by molar-refractivity contribution is 5.36. The third kappa shape index (κ3) is 3.08. The molecule has 1 aromatic carbocycles. The van der Waals surface area contributed by atoms with Gasteiger partial charge in [0.05, 0.1) is 0 Å². The van der Waals surface area contributed by atoms with Gasteiger partial charge in [0.2, 0.25) is 0 Å². The van der Waals surface area contributed by atoms with E-state index in [1.807, 2.05) is 0 Å². The zero-order valence-corrected chi connectivity index (χ0v) is 11.9. The van der Waals surface area contributed by atoms with E-state index in [9.17, 15) is 4.39 Å². The Labute approximate surface area is 124 Å². The Hall–Kier alpha value is -1.87. The second kappa shape index (κ2) is 6.27. The Kier molecular flexibility index (Phi) is 4.20. The van der Waals surface area contributed by atoms with E-state index in [4.69, 9.17) is 10.5 Å². The summed E-state index contributed by atoms with van der Waals surface area (Å²) >= 11 is 0. The monoisotopic (exact) mass is 285 g/mol. The lowest BCUT2D eigenvalue weighted by Gasteiger charge is -2.32. The summed E-state index contributed by atoms with van der Waals surface area (Å²) < 4.78 is 19.2. The molecule has 3 rings (SSSR count). The minimum absolute atomic E-state index is 0.00425. The summed E-state index contributed by atoms with van der Waals surface area (Å²) in [6.07, 6.45) is 12.7. The predicted molar refractivity (Wildman–Crippen MR) is 82.4 cm³/mol. The Balaban J connectivity index is 1.87. The quantitative estimate of drug-likeness (QED) is 0.920. The van der Waals surface area contributed by atoms with Crippen molar-refractivity contribution in [1.82, 2.24) is 0 Å². The van der Waals surface area contributed by atoms with Crippen LogP contribution in [0, 0.1) is 17.7 Å². The van der Waals surface area contributed by atoms with Crippen LogP contribution in [0.4, 0.5) is 4.39 Å². The van der Waals surface area contributed by atoms with Gasteiger partial charge in [0.25, 0.3) is 0 Å². The van der Waals surface area contributed by atoms with E-state index in [1.54, 1.807) is 12.1 Å². The lowest BCUT2D eigenvalue weighted by Crippen LogP contribution is -2.38. The molecule has 0 fully saturated rings. The van der Waals surface area contributed by atoms with E-state index in [0.717, 1.165) is 12.8 Å². The molecule has 2 N–H and O–H groups in total. The topological polar surface area (TPSA) is 35.2 Å². The van der Waals surface area contributed by atoms with Gasteiger partial charge in [-0.2, -0.15) is 0 Å². The lowest BCUT2D eigenvalue weighted by molar-refractivity contribution is 0.109. The number of nitrogens with two attached hydrogens (primary N) is 1. The van der Waals surface area contributed by atoms with Crippen LogP contribution in [0.1, 0.15) is 12.8 Å². The maximum absolute atomic E-state index is 13.0. The molecule has 3 unspecified atom stereocenters. The molecule has 0 saturated heterocycles. The van der Waals surface area contributed by atoms with Gasteiger partial charge in [-0.3, -0.25) is 0 Å². The van der Waals surface area contributed by atoms with Crippen molar-refractivity contribution in [2.24, 2.45) is 17.6 Å². The van der Waals surface area contributed by atoms with Crippen molar-refractivity contribution < 1.29 is 9.13 Å². The number of ether oxygens (including phenoxy) is 1. The van der Waals surface area contributed by atoms with Gasteiger partial charge in [0.1, 0.15) is 17.7 Å². The molecule has 0 aliphatic heterocycles. The average Bonchev–Trinajstić information content (AvgIpc) is 2.69. The number of hydrogen-bond donors (Lipinski definition) is 1. The number of benzene rings is 1. The van der Waals surface area contributed by atoms with Crippen LogP contribution in [0.25, 0.3) is 0 Å². The van der Waals surface area contributed by atoms with Crippen molar-refractivity contribution in [2.45, 2.75) is 18.9 Å². The molecular formula is C18H20FNO. The molecule has 110 valence electrons. The van der Waals surface area contributed by atoms with Crippen LogP contribution in [-0.4, -0.2) is 12.6 Å². The molecule has 0 bridgehead atoms. The Morgan fingerprint density at radius 3 is 2.76 bits per heavy atom. The summed E-state index contributed by atoms with van der Waals surface area (Å²) in [5.41, 5.74) is 7.25. The van der Waals surface area contributed by atoms with E-state index in [0.29, 0.717) is 18.2 Å². The van der Waals surface area contributed by atoms with Crippen LogP contribution < -0.4 is 10.5 Å². The first-order valence-corrected chi connectivity index (χ1v) is 7.45. The SMILES string of the molecule is NCC1CCC=C2C=CC=CC2C1Oc1ccc(F)cc1. The number of allylic oxidation sites excluding steroid dienone is 4. The van der Waals surface area contributed by atoms with Gasteiger partial charge in [-0.1, -0.05) is 30.4 Å². The summed E-state index contributed by atoms with van der Waals surface area (Å²) in [7, 11) is 0. The molecule has 2 aliphatic carbocycles. The van der Waals surface area contributed by atoms with Crippen LogP contribution in [0.2, 0.25) is 0 Å². The molecule has 0 amide bonds. The molecule has 0 aromatic heterocycles. The van der Waals surface area contributed by atoms with Crippen LogP contribution in [0.3, 0.4) is 0 Å². The van der Waals surface area contributed by atoms with E-state index in [1.165, 1.54) is 17.7 Å². The maximum atomic E-state index is 13.0. The molecule has 0 spiro atoms. The molecule has 3 atom stereocenters. The van der Waals surface area contributed by atoms with Crippen molar-refractivity contribution in [1.29, 1.82) is 0 Å². The van der Waals surface area contributed by atoms with Gasteiger partial charge in [-0.05, 0) is 49.2 Å². The molecular weight excluding hydrogens is 265 g/mol. The zero-order chi connectivity index (χ0) is 14.7. The van der Waals surface area contributed by atoms with Crippen molar-refractivity contribution in [3.8, 4) is 5.75 Å². The number of rotatable bonds is 3. The first kappa shape index (κ1) is 14.1. The largest absolute Gasteiger partial charge is 0.489 e. The third-order valence-electron chi connectivity index (χ3n) is 4.23. The highest BCUT2D eigenvalue weighted by atomic mass is 19.1. The van der Waals surface area contributed by atoms with E-state index in [2.05, 4.69) is 30.4 Å². The third-order valence-corrected chi connectivity index (χ3v) is 4.23. The molecule has 0 radical (unpaired) electrons. The van der Waals surface area contributed by atoms with Crippen LogP contribution >= 0.6 is 0 Å². The fourth-order valence-corrected chi connectivity index (χ4v) is 3.09. The van der Waals surface area contributed by atoms with Gasteiger partial charge >= 0.3 is 0 Å². The smallest absolute Gasteiger partial charge is 0.123 e.